The van der Waals surface area contributed by atoms with Crippen molar-refractivity contribution in [2.75, 3.05) is 0 Å². The first-order valence-corrected chi connectivity index (χ1v) is 5.01. The molecule has 0 saturated heterocycles. The minimum Gasteiger partial charge on any atom is -0.388 e. The molecule has 0 fully saturated rings. The molecule has 0 atom stereocenters. The van der Waals surface area contributed by atoms with Gasteiger partial charge in [-0.2, -0.15) is 0 Å². The van der Waals surface area contributed by atoms with Crippen molar-refractivity contribution < 1.29 is 31.5 Å². The Morgan fingerprint density at radius 1 is 1.47 bits per heavy atom. The van der Waals surface area contributed by atoms with Crippen LogP contribution in [0.25, 0.3) is 0 Å². The number of carbonyl (C=O) groups excluding carboxylic acids is 1. The third kappa shape index (κ3) is 4.00. The second-order valence-corrected chi connectivity index (χ2v) is 3.56. The molecule has 19 heavy (non-hydrogen) atoms. The van der Waals surface area contributed by atoms with Crippen LogP contribution in [0.1, 0.15) is 28.0 Å². The molecule has 1 rings (SSSR count). The van der Waals surface area contributed by atoms with Crippen LogP contribution in [0.5, 0.6) is 5.88 Å². The fourth-order valence-electron chi connectivity index (χ4n) is 1.22. The second kappa shape index (κ2) is 5.66. The maximum absolute atomic E-state index is 12.6. The molecule has 0 saturated carbocycles. The summed E-state index contributed by atoms with van der Waals surface area (Å²) < 4.78 is 64.9. The number of nitrogens with two attached hydrogens (primary N) is 1. The van der Waals surface area contributed by atoms with E-state index in [4.69, 9.17) is 17.3 Å². The number of alkyl halides is 5. The van der Waals surface area contributed by atoms with Crippen LogP contribution in [-0.2, 0) is 6.54 Å². The molecule has 2 N–H and O–H groups in total. The molecule has 10 heteroatoms. The molecule has 1 aromatic rings. The molecule has 0 spiro atoms. The predicted octanol–water partition coefficient (Wildman–Crippen LogP) is 2.76. The van der Waals surface area contributed by atoms with Crippen molar-refractivity contribution in [3.63, 3.8) is 0 Å². The molecule has 0 bridgehead atoms. The van der Waals surface area contributed by atoms with Crippen molar-refractivity contribution in [1.29, 1.82) is 0 Å². The van der Waals surface area contributed by atoms with Gasteiger partial charge in [-0.05, 0) is 17.7 Å². The molecule has 0 unspecified atom stereocenters. The summed E-state index contributed by atoms with van der Waals surface area (Å²) in [5, 5.41) is -1.28. The lowest BCUT2D eigenvalue weighted by Crippen LogP contribution is -2.21. The normalized spacial score (nSPS) is 11.8. The number of ether oxygens (including phenoxy) is 1. The summed E-state index contributed by atoms with van der Waals surface area (Å²) in [5.41, 5.74) is 2.85. The number of pyridine rings is 1. The molecule has 0 aliphatic carbocycles. The highest BCUT2D eigenvalue weighted by atomic mass is 35.5. The Bertz CT molecular complexity index is 492. The first-order valence-electron chi connectivity index (χ1n) is 4.63. The number of hydrogen-bond acceptors (Lipinski definition) is 4. The lowest BCUT2D eigenvalue weighted by molar-refractivity contribution is -0.276. The molecular weight excluding hydrogens is 299 g/mol. The van der Waals surface area contributed by atoms with E-state index in [1.54, 1.807) is 0 Å². The summed E-state index contributed by atoms with van der Waals surface area (Å²) in [6.07, 6.45) is -8.41. The SMILES string of the molecule is NCc1cc(C(=O)Cl)c(C(F)F)nc1OC(F)(F)F. The van der Waals surface area contributed by atoms with Crippen molar-refractivity contribution in [1.82, 2.24) is 4.98 Å². The highest BCUT2D eigenvalue weighted by Crippen LogP contribution is 2.30. The Morgan fingerprint density at radius 3 is 2.42 bits per heavy atom. The number of hydrogen-bond donors (Lipinski definition) is 1. The fraction of sp³-hybridized carbons (Fsp3) is 0.333. The first-order chi connectivity index (χ1) is 8.65. The number of nitrogens with zero attached hydrogens (tertiary/aromatic N) is 1. The zero-order valence-electron chi connectivity index (χ0n) is 8.97. The van der Waals surface area contributed by atoms with E-state index in [9.17, 15) is 26.7 Å². The van der Waals surface area contributed by atoms with Crippen molar-refractivity contribution in [3.05, 3.63) is 22.9 Å². The van der Waals surface area contributed by atoms with Crippen LogP contribution in [0.3, 0.4) is 0 Å². The van der Waals surface area contributed by atoms with E-state index >= 15 is 0 Å². The molecule has 4 nitrogen and oxygen atoms in total. The summed E-state index contributed by atoms with van der Waals surface area (Å²) in [7, 11) is 0. The van der Waals surface area contributed by atoms with E-state index in [0.29, 0.717) is 6.07 Å². The summed E-state index contributed by atoms with van der Waals surface area (Å²) in [5.74, 6) is -1.13. The monoisotopic (exact) mass is 304 g/mol. The Balaban J connectivity index is 3.39. The van der Waals surface area contributed by atoms with Crippen LogP contribution < -0.4 is 10.5 Å². The van der Waals surface area contributed by atoms with Gasteiger partial charge in [-0.3, -0.25) is 4.79 Å². The van der Waals surface area contributed by atoms with Crippen molar-refractivity contribution in [2.45, 2.75) is 19.3 Å². The molecule has 0 aliphatic heterocycles. The maximum Gasteiger partial charge on any atom is 0.574 e. The number of rotatable bonds is 4. The molecule has 106 valence electrons. The highest BCUT2D eigenvalue weighted by Gasteiger charge is 2.34. The van der Waals surface area contributed by atoms with E-state index in [-0.39, 0.29) is 5.56 Å². The first kappa shape index (κ1) is 15.6. The molecular formula is C9H6ClF5N2O2. The number of aromatic nitrogens is 1. The van der Waals surface area contributed by atoms with Crippen LogP contribution in [0, 0.1) is 0 Å². The summed E-state index contributed by atoms with van der Waals surface area (Å²) in [4.78, 5) is 13.9. The van der Waals surface area contributed by atoms with Crippen LogP contribution >= 0.6 is 11.6 Å². The molecule has 0 radical (unpaired) electrons. The Morgan fingerprint density at radius 2 is 2.05 bits per heavy atom. The minimum absolute atomic E-state index is 0.370. The van der Waals surface area contributed by atoms with Crippen LogP contribution in [0.4, 0.5) is 22.0 Å². The third-order valence-electron chi connectivity index (χ3n) is 1.94. The van der Waals surface area contributed by atoms with Crippen LogP contribution in [0.15, 0.2) is 6.07 Å². The molecule has 1 aromatic heterocycles. The van der Waals surface area contributed by atoms with E-state index in [2.05, 4.69) is 9.72 Å². The van der Waals surface area contributed by atoms with Gasteiger partial charge in [0.25, 0.3) is 11.7 Å². The van der Waals surface area contributed by atoms with E-state index in [1.807, 2.05) is 0 Å². The van der Waals surface area contributed by atoms with Gasteiger partial charge in [-0.25, -0.2) is 13.8 Å². The molecule has 0 aliphatic rings. The quantitative estimate of drug-likeness (QED) is 0.686. The van der Waals surface area contributed by atoms with E-state index in [1.165, 1.54) is 0 Å². The average molecular weight is 305 g/mol. The molecule has 0 amide bonds. The predicted molar refractivity (Wildman–Crippen MR) is 54.0 cm³/mol. The molecule has 0 aromatic carbocycles. The second-order valence-electron chi connectivity index (χ2n) is 3.21. The van der Waals surface area contributed by atoms with Gasteiger partial charge >= 0.3 is 6.36 Å². The smallest absolute Gasteiger partial charge is 0.388 e. The lowest BCUT2D eigenvalue weighted by atomic mass is 10.1. The largest absolute Gasteiger partial charge is 0.574 e. The zero-order valence-corrected chi connectivity index (χ0v) is 9.73. The Hall–Kier alpha value is -1.48. The van der Waals surface area contributed by atoms with E-state index < -0.39 is 41.7 Å². The lowest BCUT2D eigenvalue weighted by Gasteiger charge is -2.14. The van der Waals surface area contributed by atoms with Crippen molar-refractivity contribution >= 4 is 16.8 Å². The van der Waals surface area contributed by atoms with Gasteiger partial charge in [0.1, 0.15) is 5.69 Å². The van der Waals surface area contributed by atoms with Crippen molar-refractivity contribution in [3.8, 4) is 5.88 Å². The number of halogens is 6. The van der Waals surface area contributed by atoms with Gasteiger partial charge in [-0.1, -0.05) is 0 Å². The number of carbonyl (C=O) groups is 1. The third-order valence-corrected chi connectivity index (χ3v) is 2.15. The Kier molecular flexibility index (Phi) is 4.64. The summed E-state index contributed by atoms with van der Waals surface area (Å²) in [6, 6.07) is 0.699. The molecule has 1 heterocycles. The van der Waals surface area contributed by atoms with Gasteiger partial charge in [-0.15, -0.1) is 13.2 Å². The summed E-state index contributed by atoms with van der Waals surface area (Å²) in [6.45, 7) is -0.501. The summed E-state index contributed by atoms with van der Waals surface area (Å²) >= 11 is 5.05. The topological polar surface area (TPSA) is 65.2 Å². The zero-order chi connectivity index (χ0) is 14.8. The van der Waals surface area contributed by atoms with Gasteiger partial charge in [0, 0.05) is 12.1 Å². The van der Waals surface area contributed by atoms with Crippen molar-refractivity contribution in [2.24, 2.45) is 5.73 Å². The average Bonchev–Trinajstić information content (AvgIpc) is 2.25. The van der Waals surface area contributed by atoms with E-state index in [0.717, 1.165) is 0 Å². The highest BCUT2D eigenvalue weighted by molar-refractivity contribution is 6.67. The fourth-order valence-corrected chi connectivity index (χ4v) is 1.37. The van der Waals surface area contributed by atoms with Crippen LogP contribution in [0.2, 0.25) is 0 Å². The Labute approximate surface area is 108 Å². The van der Waals surface area contributed by atoms with Gasteiger partial charge in [0.05, 0.1) is 5.56 Å². The van der Waals surface area contributed by atoms with Gasteiger partial charge < -0.3 is 10.5 Å². The van der Waals surface area contributed by atoms with Gasteiger partial charge in [0.15, 0.2) is 0 Å². The van der Waals surface area contributed by atoms with Gasteiger partial charge in [0.2, 0.25) is 5.88 Å². The maximum atomic E-state index is 12.6. The minimum atomic E-state index is -5.12. The standard InChI is InChI=1S/C9H6ClF5N2O2/c10-6(18)4-1-3(2-16)8(19-9(13,14)15)17-5(4)7(11)12/h1,7H,2,16H2. The van der Waals surface area contributed by atoms with Crippen LogP contribution in [-0.4, -0.2) is 16.6 Å².